The van der Waals surface area contributed by atoms with E-state index in [2.05, 4.69) is 124 Å². The van der Waals surface area contributed by atoms with Crippen molar-refractivity contribution in [1.29, 1.82) is 0 Å². The second kappa shape index (κ2) is 22.5. The lowest BCUT2D eigenvalue weighted by atomic mass is 9.56. The molecule has 0 aromatic heterocycles. The fourth-order valence-corrected chi connectivity index (χ4v) is 15.6. The van der Waals surface area contributed by atoms with Gasteiger partial charge in [0.15, 0.2) is 0 Å². The highest BCUT2D eigenvalue weighted by Crippen LogP contribution is 2.67. The lowest BCUT2D eigenvalue weighted by Crippen LogP contribution is -2.63. The van der Waals surface area contributed by atoms with Crippen molar-refractivity contribution in [3.05, 3.63) is 0 Å². The molecule has 0 radical (unpaired) electrons. The highest BCUT2D eigenvalue weighted by Gasteiger charge is 2.65. The van der Waals surface area contributed by atoms with Crippen LogP contribution in [0, 0.1) is 34.5 Å². The Morgan fingerprint density at radius 2 is 1.29 bits per heavy atom. The van der Waals surface area contributed by atoms with Crippen LogP contribution in [0.3, 0.4) is 0 Å². The summed E-state index contributed by atoms with van der Waals surface area (Å²) in [5.41, 5.74) is 0.576. The highest BCUT2D eigenvalue weighted by molar-refractivity contribution is 7.96. The van der Waals surface area contributed by atoms with Gasteiger partial charge in [-0.15, -0.1) is 0 Å². The van der Waals surface area contributed by atoms with Gasteiger partial charge in [0.25, 0.3) is 0 Å². The van der Waals surface area contributed by atoms with Crippen LogP contribution in [0.15, 0.2) is 0 Å². The van der Waals surface area contributed by atoms with E-state index in [9.17, 15) is 4.79 Å². The van der Waals surface area contributed by atoms with Crippen molar-refractivity contribution in [3.63, 3.8) is 0 Å². The van der Waals surface area contributed by atoms with Gasteiger partial charge in [0, 0.05) is 153 Å². The predicted molar refractivity (Wildman–Crippen MR) is 278 cm³/mol. The number of likely N-dealkylation sites (tertiary alicyclic amines) is 4. The predicted octanol–water partition coefficient (Wildman–Crippen LogP) is 6.26. The summed E-state index contributed by atoms with van der Waals surface area (Å²) in [6, 6.07) is 4.37. The SMILES string of the molecule is CSN1CCC(CCN(C)C2CN(C(C)CC3CN(CC4CC45CCN(C(C)C)CC5C4CN(CCN5CCN(C(C)C)CC5)C(=O)CC45CCN(C(C)C)CC5)CCN3C(C)C)C2)CC1. The fourth-order valence-electron chi connectivity index (χ4n) is 15.0. The van der Waals surface area contributed by atoms with Gasteiger partial charge in [0.1, 0.15) is 0 Å². The van der Waals surface area contributed by atoms with E-state index >= 15 is 0 Å². The molecule has 0 bridgehead atoms. The van der Waals surface area contributed by atoms with Crippen molar-refractivity contribution in [2.75, 3.05) is 144 Å². The smallest absolute Gasteiger partial charge is 0.223 e. The van der Waals surface area contributed by atoms with Crippen LogP contribution in [-0.2, 0) is 4.79 Å². The largest absolute Gasteiger partial charge is 0.341 e. The first-order valence-electron chi connectivity index (χ1n) is 28.0. The lowest BCUT2D eigenvalue weighted by molar-refractivity contribution is -0.152. The first-order valence-corrected chi connectivity index (χ1v) is 29.2. The number of hydrogen-bond donors (Lipinski definition) is 0. The van der Waals surface area contributed by atoms with E-state index in [4.69, 9.17) is 0 Å². The molecule has 8 rings (SSSR count). The Kier molecular flexibility index (Phi) is 17.6. The van der Waals surface area contributed by atoms with Crippen LogP contribution in [-0.4, -0.2) is 241 Å². The van der Waals surface area contributed by atoms with Gasteiger partial charge in [-0.05, 0) is 188 Å². The zero-order valence-electron chi connectivity index (χ0n) is 44.6. The molecule has 1 amide bonds. The van der Waals surface area contributed by atoms with Gasteiger partial charge in [-0.3, -0.25) is 28.7 Å². The molecule has 8 fully saturated rings. The zero-order chi connectivity index (χ0) is 46.9. The standard InChI is InChI=1S/C54H102N10OS/c1-41(2)58-21-15-53(16-22-58)34-52(65)61(30-26-56-24-28-59(29-25-56)42(3)4)39-50(53)51-40-60(43(5)6)23-17-54(51)33-47(54)35-57-27-31-64(44(7)8)48(36-57)32-45(9)62-37-49(38-62)55(10)18-12-46-13-19-63(66-11)20-14-46/h41-51H,12-40H2,1-11H3. The Bertz CT molecular complexity index is 1520. The van der Waals surface area contributed by atoms with Crippen LogP contribution in [0.4, 0.5) is 0 Å². The van der Waals surface area contributed by atoms with Crippen LogP contribution in [0.1, 0.15) is 120 Å². The van der Waals surface area contributed by atoms with Gasteiger partial charge < -0.3 is 24.5 Å². The summed E-state index contributed by atoms with van der Waals surface area (Å²) in [5, 5.41) is 0. The quantitative estimate of drug-likeness (QED) is 0.147. The van der Waals surface area contributed by atoms with Gasteiger partial charge >= 0.3 is 0 Å². The van der Waals surface area contributed by atoms with E-state index < -0.39 is 0 Å². The molecule has 1 saturated carbocycles. The number of rotatable bonds is 18. The van der Waals surface area contributed by atoms with Gasteiger partial charge in [-0.2, -0.15) is 0 Å². The van der Waals surface area contributed by atoms with Crippen LogP contribution in [0.25, 0.3) is 0 Å². The van der Waals surface area contributed by atoms with Crippen molar-refractivity contribution in [2.24, 2.45) is 34.5 Å². The number of piperazine rings is 2. The summed E-state index contributed by atoms with van der Waals surface area (Å²) >= 11 is 1.93. The molecule has 0 N–H and O–H groups in total. The number of amides is 1. The first kappa shape index (κ1) is 51.8. The van der Waals surface area contributed by atoms with Crippen LogP contribution in [0.2, 0.25) is 0 Å². The molecular weight excluding hydrogens is 837 g/mol. The number of nitrogens with zero attached hydrogens (tertiary/aromatic N) is 10. The Hall–Kier alpha value is -0.540. The fraction of sp³-hybridized carbons (Fsp3) is 0.981. The molecule has 6 unspecified atom stereocenters. The van der Waals surface area contributed by atoms with Crippen molar-refractivity contribution in [1.82, 2.24) is 48.4 Å². The van der Waals surface area contributed by atoms with Gasteiger partial charge in [-0.1, -0.05) is 11.9 Å². The minimum Gasteiger partial charge on any atom is -0.341 e. The molecule has 7 aliphatic heterocycles. The minimum absolute atomic E-state index is 0.146. The molecular formula is C54H102N10OS. The monoisotopic (exact) mass is 939 g/mol. The minimum atomic E-state index is 0.146. The normalized spacial score (nSPS) is 33.2. The Morgan fingerprint density at radius 3 is 1.92 bits per heavy atom. The van der Waals surface area contributed by atoms with Gasteiger partial charge in [0.2, 0.25) is 5.91 Å². The number of likely N-dealkylation sites (N-methyl/N-ethyl adjacent to an activating group) is 1. The van der Waals surface area contributed by atoms with E-state index in [-0.39, 0.29) is 5.41 Å². The molecule has 12 heteroatoms. The lowest BCUT2D eigenvalue weighted by Gasteiger charge is -2.57. The van der Waals surface area contributed by atoms with E-state index in [0.717, 1.165) is 83.2 Å². The zero-order valence-corrected chi connectivity index (χ0v) is 45.5. The number of hydrogen-bond acceptors (Lipinski definition) is 11. The van der Waals surface area contributed by atoms with Crippen LogP contribution < -0.4 is 0 Å². The summed E-state index contributed by atoms with van der Waals surface area (Å²) in [4.78, 5) is 39.0. The van der Waals surface area contributed by atoms with Crippen molar-refractivity contribution < 1.29 is 4.79 Å². The van der Waals surface area contributed by atoms with Crippen molar-refractivity contribution >= 4 is 17.9 Å². The average molecular weight is 940 g/mol. The van der Waals surface area contributed by atoms with Crippen molar-refractivity contribution in [3.8, 4) is 0 Å². The summed E-state index contributed by atoms with van der Waals surface area (Å²) in [6.45, 7) is 45.3. The second-order valence-electron chi connectivity index (χ2n) is 24.9. The number of carbonyl (C=O) groups excluding carboxylic acids is 1. The molecule has 66 heavy (non-hydrogen) atoms. The Labute approximate surface area is 410 Å². The van der Waals surface area contributed by atoms with E-state index in [1.807, 2.05) is 11.9 Å². The third kappa shape index (κ3) is 11.9. The molecule has 7 heterocycles. The maximum Gasteiger partial charge on any atom is 0.223 e. The summed E-state index contributed by atoms with van der Waals surface area (Å²) < 4.78 is 2.55. The third-order valence-corrected chi connectivity index (χ3v) is 21.0. The average Bonchev–Trinajstić information content (AvgIpc) is 3.96. The molecule has 11 nitrogen and oxygen atoms in total. The summed E-state index contributed by atoms with van der Waals surface area (Å²) in [7, 11) is 2.40. The van der Waals surface area contributed by atoms with E-state index in [0.29, 0.717) is 59.4 Å². The van der Waals surface area contributed by atoms with E-state index in [1.54, 1.807) is 0 Å². The number of piperidine rings is 4. The number of carbonyl (C=O) groups is 1. The highest BCUT2D eigenvalue weighted by atomic mass is 32.2. The van der Waals surface area contributed by atoms with Crippen molar-refractivity contribution in [2.45, 2.75) is 162 Å². The molecule has 0 aromatic carbocycles. The third-order valence-electron chi connectivity index (χ3n) is 20.2. The second-order valence-corrected chi connectivity index (χ2v) is 25.8. The molecule has 380 valence electrons. The van der Waals surface area contributed by atoms with Gasteiger partial charge in [-0.25, -0.2) is 0 Å². The molecule has 2 spiro atoms. The molecule has 0 aromatic rings. The summed E-state index contributed by atoms with van der Waals surface area (Å²) in [5.74, 6) is 3.44. The first-order chi connectivity index (χ1) is 31.6. The Balaban J connectivity index is 0.909. The maximum absolute atomic E-state index is 14.4. The van der Waals surface area contributed by atoms with E-state index in [1.165, 1.54) is 123 Å². The topological polar surface area (TPSA) is 49.5 Å². The maximum atomic E-state index is 14.4. The molecule has 1 aliphatic carbocycles. The molecule has 8 aliphatic rings. The van der Waals surface area contributed by atoms with Crippen LogP contribution in [0.5, 0.6) is 0 Å². The Morgan fingerprint density at radius 1 is 0.652 bits per heavy atom. The van der Waals surface area contributed by atoms with Gasteiger partial charge in [0.05, 0.1) is 0 Å². The molecule has 6 atom stereocenters. The summed E-state index contributed by atoms with van der Waals surface area (Å²) in [6.07, 6.45) is 13.6. The molecule has 7 saturated heterocycles. The van der Waals surface area contributed by atoms with Crippen LogP contribution >= 0.6 is 11.9 Å².